The number of carboxylic acid groups (broad SMARTS) is 1. The van der Waals surface area contributed by atoms with Gasteiger partial charge in [0.2, 0.25) is 0 Å². The summed E-state index contributed by atoms with van der Waals surface area (Å²) in [6.45, 7) is 4.67. The molecule has 13 heavy (non-hydrogen) atoms. The number of hydrogen-bond donors (Lipinski definition) is 1. The maximum atomic E-state index is 8.77. The highest BCUT2D eigenvalue weighted by atomic mass is 79.9. The molecule has 0 heterocycles. The summed E-state index contributed by atoms with van der Waals surface area (Å²) in [4.78, 5) is 8.77. The zero-order valence-corrected chi connectivity index (χ0v) is 11.5. The van der Waals surface area contributed by atoms with Gasteiger partial charge in [0.1, 0.15) is 0 Å². The highest BCUT2D eigenvalue weighted by Gasteiger charge is 2.45. The predicted molar refractivity (Wildman–Crippen MR) is 62.0 cm³/mol. The van der Waals surface area contributed by atoms with Crippen molar-refractivity contribution in [3.05, 3.63) is 0 Å². The maximum Gasteiger partial charge on any atom is 0.401 e. The third-order valence-electron chi connectivity index (χ3n) is 2.18. The Morgan fingerprint density at radius 2 is 2.00 bits per heavy atom. The van der Waals surface area contributed by atoms with Crippen LogP contribution in [0.5, 0.6) is 0 Å². The molecule has 0 aliphatic heterocycles. The van der Waals surface area contributed by atoms with Gasteiger partial charge in [-0.2, -0.15) is 0 Å². The van der Waals surface area contributed by atoms with E-state index < -0.39 is 5.43 Å². The molecular formula is C8H13Br2ClO2. The molecule has 5 heteroatoms. The van der Waals surface area contributed by atoms with Gasteiger partial charge in [-0.05, 0) is 24.2 Å². The lowest BCUT2D eigenvalue weighted by molar-refractivity contribution is 0.220. The lowest BCUT2D eigenvalue weighted by Crippen LogP contribution is -1.94. The van der Waals surface area contributed by atoms with E-state index in [2.05, 4.69) is 57.3 Å². The largest absolute Gasteiger partial charge is 0.469 e. The van der Waals surface area contributed by atoms with Crippen LogP contribution in [0.15, 0.2) is 0 Å². The van der Waals surface area contributed by atoms with Gasteiger partial charge in [-0.25, -0.2) is 4.79 Å². The number of rotatable bonds is 2. The van der Waals surface area contributed by atoms with Crippen LogP contribution in [0.4, 0.5) is 4.79 Å². The molecule has 1 fully saturated rings. The topological polar surface area (TPSA) is 37.3 Å². The number of halogens is 3. The van der Waals surface area contributed by atoms with Crippen molar-refractivity contribution < 1.29 is 9.90 Å². The highest BCUT2D eigenvalue weighted by Crippen LogP contribution is 2.55. The van der Waals surface area contributed by atoms with E-state index in [4.69, 9.17) is 9.90 Å². The van der Waals surface area contributed by atoms with Crippen molar-refractivity contribution in [2.24, 2.45) is 11.3 Å². The van der Waals surface area contributed by atoms with Gasteiger partial charge in [0.25, 0.3) is 0 Å². The molecule has 0 aromatic heterocycles. The predicted octanol–water partition coefficient (Wildman–Crippen LogP) is 4.44. The first-order chi connectivity index (χ1) is 5.75. The molecular weight excluding hydrogens is 323 g/mol. The molecule has 0 aromatic rings. The highest BCUT2D eigenvalue weighted by molar-refractivity contribution is 9.24. The minimum atomic E-state index is -1.36. The molecule has 1 aliphatic rings. The quantitative estimate of drug-likeness (QED) is 0.598. The summed E-state index contributed by atoms with van der Waals surface area (Å²) in [6.07, 6.45) is 2.67. The molecule has 2 nitrogen and oxygen atoms in total. The van der Waals surface area contributed by atoms with Crippen molar-refractivity contribution in [1.29, 1.82) is 0 Å². The van der Waals surface area contributed by atoms with E-state index in [1.807, 2.05) is 0 Å². The Morgan fingerprint density at radius 1 is 1.69 bits per heavy atom. The Kier molecular flexibility index (Phi) is 5.87. The smallest absolute Gasteiger partial charge is 0.401 e. The van der Waals surface area contributed by atoms with Gasteiger partial charge in [0, 0.05) is 11.6 Å². The normalized spacial score (nSPS) is 23.4. The van der Waals surface area contributed by atoms with Crippen LogP contribution in [0.3, 0.4) is 0 Å². The summed E-state index contributed by atoms with van der Waals surface area (Å²) in [6, 6.07) is 0. The molecule has 0 bridgehead atoms. The Balaban J connectivity index is 0.000000310. The van der Waals surface area contributed by atoms with Crippen molar-refractivity contribution in [1.82, 2.24) is 0 Å². The minimum Gasteiger partial charge on any atom is -0.469 e. The SMILES string of the molecule is CC1(C)CC1CC(Br)Br.O=C(O)Cl. The van der Waals surface area contributed by atoms with Gasteiger partial charge >= 0.3 is 5.43 Å². The molecule has 0 aromatic carbocycles. The van der Waals surface area contributed by atoms with Crippen molar-refractivity contribution >= 4 is 48.9 Å². The minimum absolute atomic E-state index is 0.525. The van der Waals surface area contributed by atoms with E-state index in [1.165, 1.54) is 12.8 Å². The van der Waals surface area contributed by atoms with Crippen molar-refractivity contribution in [2.45, 2.75) is 30.4 Å². The second-order valence-electron chi connectivity index (χ2n) is 3.77. The molecule has 1 aliphatic carbocycles. The van der Waals surface area contributed by atoms with E-state index in [9.17, 15) is 0 Å². The van der Waals surface area contributed by atoms with E-state index in [-0.39, 0.29) is 0 Å². The molecule has 1 atom stereocenters. The Morgan fingerprint density at radius 3 is 2.08 bits per heavy atom. The molecule has 0 radical (unpaired) electrons. The van der Waals surface area contributed by atoms with Gasteiger partial charge in [0.05, 0.1) is 3.74 Å². The summed E-state index contributed by atoms with van der Waals surface area (Å²) in [5.74, 6) is 0.946. The van der Waals surface area contributed by atoms with Crippen LogP contribution in [0.2, 0.25) is 0 Å². The van der Waals surface area contributed by atoms with Crippen LogP contribution in [-0.4, -0.2) is 14.3 Å². The maximum absolute atomic E-state index is 8.77. The fourth-order valence-corrected chi connectivity index (χ4v) is 2.10. The Labute approximate surface area is 100 Å². The first-order valence-corrected chi connectivity index (χ1v) is 6.13. The van der Waals surface area contributed by atoms with E-state index in [0.29, 0.717) is 9.15 Å². The third kappa shape index (κ3) is 7.77. The van der Waals surface area contributed by atoms with Crippen LogP contribution in [0.25, 0.3) is 0 Å². The van der Waals surface area contributed by atoms with Gasteiger partial charge < -0.3 is 5.11 Å². The monoisotopic (exact) mass is 334 g/mol. The van der Waals surface area contributed by atoms with Crippen LogP contribution < -0.4 is 0 Å². The lowest BCUT2D eigenvalue weighted by atomic mass is 10.1. The van der Waals surface area contributed by atoms with Crippen LogP contribution >= 0.6 is 43.5 Å². The van der Waals surface area contributed by atoms with E-state index in [0.717, 1.165) is 5.92 Å². The number of alkyl halides is 2. The van der Waals surface area contributed by atoms with Crippen molar-refractivity contribution in [3.8, 4) is 0 Å². The van der Waals surface area contributed by atoms with E-state index in [1.54, 1.807) is 0 Å². The molecule has 1 rings (SSSR count). The Hall–Kier alpha value is 0.720. The standard InChI is InChI=1S/C7H12Br2.CHClO2/c1-7(2)4-5(7)3-6(8)9;2-1(3)4/h5-6H,3-4H2,1-2H3;(H,3,4). The van der Waals surface area contributed by atoms with Gasteiger partial charge in [-0.1, -0.05) is 45.7 Å². The van der Waals surface area contributed by atoms with Gasteiger partial charge in [0.15, 0.2) is 0 Å². The molecule has 1 unspecified atom stereocenters. The number of hydrogen-bond acceptors (Lipinski definition) is 1. The van der Waals surface area contributed by atoms with Gasteiger partial charge in [-0.15, -0.1) is 0 Å². The molecule has 1 N–H and O–H groups in total. The van der Waals surface area contributed by atoms with Crippen molar-refractivity contribution in [3.63, 3.8) is 0 Å². The zero-order chi connectivity index (χ0) is 10.6. The lowest BCUT2D eigenvalue weighted by Gasteiger charge is -2.02. The van der Waals surface area contributed by atoms with Crippen LogP contribution in [-0.2, 0) is 0 Å². The fourth-order valence-electron chi connectivity index (χ4n) is 1.19. The number of carbonyl (C=O) groups is 1. The molecule has 0 amide bonds. The van der Waals surface area contributed by atoms with E-state index >= 15 is 0 Å². The average molecular weight is 336 g/mol. The van der Waals surface area contributed by atoms with Gasteiger partial charge in [-0.3, -0.25) is 0 Å². The van der Waals surface area contributed by atoms with Crippen LogP contribution in [0.1, 0.15) is 26.7 Å². The summed E-state index contributed by atoms with van der Waals surface area (Å²) in [5.41, 5.74) is -0.722. The Bertz CT molecular complexity index is 179. The van der Waals surface area contributed by atoms with Crippen LogP contribution in [0, 0.1) is 11.3 Å². The zero-order valence-electron chi connectivity index (χ0n) is 7.56. The fraction of sp³-hybridized carbons (Fsp3) is 0.875. The third-order valence-corrected chi connectivity index (χ3v) is 2.93. The first kappa shape index (κ1) is 13.7. The van der Waals surface area contributed by atoms with Crippen molar-refractivity contribution in [2.75, 3.05) is 0 Å². The summed E-state index contributed by atoms with van der Waals surface area (Å²) in [7, 11) is 0. The molecule has 0 spiro atoms. The first-order valence-electron chi connectivity index (χ1n) is 3.92. The average Bonchev–Trinajstić information content (AvgIpc) is 2.34. The second-order valence-corrected chi connectivity index (χ2v) is 7.53. The molecule has 78 valence electrons. The molecule has 1 saturated carbocycles. The summed E-state index contributed by atoms with van der Waals surface area (Å²) >= 11 is 11.2. The summed E-state index contributed by atoms with van der Waals surface area (Å²) < 4.78 is 0.525. The molecule has 0 saturated heterocycles. The summed E-state index contributed by atoms with van der Waals surface area (Å²) in [5, 5.41) is 7.18. The second kappa shape index (κ2) is 5.56.